The monoisotopic (exact) mass is 388 g/mol. The van der Waals surface area contributed by atoms with Crippen molar-refractivity contribution in [1.29, 1.82) is 0 Å². The third kappa shape index (κ3) is 5.78. The van der Waals surface area contributed by atoms with Crippen LogP contribution < -0.4 is 10.6 Å². The van der Waals surface area contributed by atoms with E-state index in [2.05, 4.69) is 26.8 Å². The van der Waals surface area contributed by atoms with Crippen molar-refractivity contribution in [2.24, 2.45) is 0 Å². The van der Waals surface area contributed by atoms with Gasteiger partial charge >= 0.3 is 0 Å². The van der Waals surface area contributed by atoms with Crippen molar-refractivity contribution in [3.63, 3.8) is 0 Å². The topological polar surface area (TPSA) is 97.1 Å². The van der Waals surface area contributed by atoms with E-state index in [1.165, 1.54) is 0 Å². The van der Waals surface area contributed by atoms with Crippen LogP contribution in [-0.4, -0.2) is 28.6 Å². The van der Waals surface area contributed by atoms with E-state index in [0.717, 1.165) is 11.1 Å². The lowest BCUT2D eigenvalue weighted by molar-refractivity contribution is -0.124. The summed E-state index contributed by atoms with van der Waals surface area (Å²) < 4.78 is 5.59. The number of benzene rings is 2. The third-order valence-electron chi connectivity index (χ3n) is 4.09. The summed E-state index contributed by atoms with van der Waals surface area (Å²) in [5.41, 5.74) is 3.20. The van der Waals surface area contributed by atoms with Crippen LogP contribution in [0.4, 0.5) is 5.69 Å². The molecule has 3 aromatic rings. The molecular weight excluding hydrogens is 368 g/mol. The molecule has 0 aliphatic heterocycles. The summed E-state index contributed by atoms with van der Waals surface area (Å²) in [7, 11) is 0. The van der Waals surface area contributed by atoms with Crippen molar-refractivity contribution in [3.05, 3.63) is 65.5 Å². The summed E-state index contributed by atoms with van der Waals surface area (Å²) in [6.45, 7) is 1.86. The molecule has 0 atom stereocenters. The summed E-state index contributed by atoms with van der Waals surface area (Å²) in [5.74, 6) is 2.65. The molecule has 0 saturated carbocycles. The zero-order valence-corrected chi connectivity index (χ0v) is 15.9. The highest BCUT2D eigenvalue weighted by Crippen LogP contribution is 2.18. The molecule has 1 aromatic heterocycles. The molecule has 0 bridgehead atoms. The zero-order chi connectivity index (χ0) is 20.6. The van der Waals surface area contributed by atoms with Gasteiger partial charge in [-0.25, -0.2) is 0 Å². The fourth-order valence-electron chi connectivity index (χ4n) is 2.55. The third-order valence-corrected chi connectivity index (χ3v) is 4.09. The number of anilines is 1. The molecule has 0 aliphatic carbocycles. The lowest BCUT2D eigenvalue weighted by Crippen LogP contribution is -2.33. The highest BCUT2D eigenvalue weighted by atomic mass is 16.4. The molecule has 2 N–H and O–H groups in total. The number of aromatic nitrogens is 2. The SMILES string of the molecule is C#Cc1cccc(NC(=O)CNC(=O)CCc2nnc(-c3ccc(C)cc3)o2)c1. The Hall–Kier alpha value is -3.92. The maximum atomic E-state index is 12.0. The van der Waals surface area contributed by atoms with Gasteiger partial charge in [0.25, 0.3) is 0 Å². The Morgan fingerprint density at radius 2 is 1.90 bits per heavy atom. The van der Waals surface area contributed by atoms with E-state index in [-0.39, 0.29) is 31.2 Å². The molecule has 1 heterocycles. The first-order valence-electron chi connectivity index (χ1n) is 9.06. The van der Waals surface area contributed by atoms with E-state index in [1.807, 2.05) is 31.2 Å². The fourth-order valence-corrected chi connectivity index (χ4v) is 2.55. The van der Waals surface area contributed by atoms with Crippen LogP contribution in [0.15, 0.2) is 52.9 Å². The number of rotatable bonds is 7. The molecule has 7 nitrogen and oxygen atoms in total. The second-order valence-electron chi connectivity index (χ2n) is 6.42. The van der Waals surface area contributed by atoms with E-state index < -0.39 is 0 Å². The summed E-state index contributed by atoms with van der Waals surface area (Å²) >= 11 is 0. The van der Waals surface area contributed by atoms with Crippen LogP contribution in [0.5, 0.6) is 0 Å². The van der Waals surface area contributed by atoms with Crippen molar-refractivity contribution >= 4 is 17.5 Å². The highest BCUT2D eigenvalue weighted by molar-refractivity contribution is 5.94. The Balaban J connectivity index is 1.43. The first-order chi connectivity index (χ1) is 14.0. The first-order valence-corrected chi connectivity index (χ1v) is 9.06. The van der Waals surface area contributed by atoms with Crippen molar-refractivity contribution < 1.29 is 14.0 Å². The van der Waals surface area contributed by atoms with Gasteiger partial charge in [0.05, 0.1) is 6.54 Å². The lowest BCUT2D eigenvalue weighted by atomic mass is 10.1. The van der Waals surface area contributed by atoms with Crippen LogP contribution in [0.25, 0.3) is 11.5 Å². The van der Waals surface area contributed by atoms with Gasteiger partial charge in [0.1, 0.15) is 0 Å². The van der Waals surface area contributed by atoms with Crippen LogP contribution >= 0.6 is 0 Å². The Kier molecular flexibility index (Phi) is 6.38. The number of nitrogens with one attached hydrogen (secondary N) is 2. The summed E-state index contributed by atoms with van der Waals surface area (Å²) in [5, 5.41) is 13.2. The number of carbonyl (C=O) groups excluding carboxylic acids is 2. The van der Waals surface area contributed by atoms with E-state index in [0.29, 0.717) is 23.0 Å². The van der Waals surface area contributed by atoms with Gasteiger partial charge < -0.3 is 15.1 Å². The Labute approximate surface area is 168 Å². The first kappa shape index (κ1) is 19.8. The van der Waals surface area contributed by atoms with Crippen LogP contribution in [0.1, 0.15) is 23.4 Å². The molecule has 0 unspecified atom stereocenters. The van der Waals surface area contributed by atoms with Gasteiger partial charge in [-0.3, -0.25) is 9.59 Å². The number of nitrogens with zero attached hydrogens (tertiary/aromatic N) is 2. The van der Waals surface area contributed by atoms with Crippen molar-refractivity contribution in [2.45, 2.75) is 19.8 Å². The van der Waals surface area contributed by atoms with Gasteiger partial charge in [-0.2, -0.15) is 0 Å². The molecule has 0 aliphatic rings. The summed E-state index contributed by atoms with van der Waals surface area (Å²) in [6, 6.07) is 14.6. The lowest BCUT2D eigenvalue weighted by Gasteiger charge is -2.07. The van der Waals surface area contributed by atoms with Gasteiger partial charge in [-0.15, -0.1) is 16.6 Å². The fraction of sp³-hybridized carbons (Fsp3) is 0.182. The predicted octanol–water partition coefficient (Wildman–Crippen LogP) is 2.71. The van der Waals surface area contributed by atoms with Crippen LogP contribution in [0, 0.1) is 19.3 Å². The van der Waals surface area contributed by atoms with E-state index in [4.69, 9.17) is 10.8 Å². The Bertz CT molecular complexity index is 1050. The minimum Gasteiger partial charge on any atom is -0.421 e. The number of hydrogen-bond donors (Lipinski definition) is 2. The van der Waals surface area contributed by atoms with E-state index >= 15 is 0 Å². The largest absolute Gasteiger partial charge is 0.421 e. The highest BCUT2D eigenvalue weighted by Gasteiger charge is 2.11. The van der Waals surface area contributed by atoms with Crippen molar-refractivity contribution in [1.82, 2.24) is 15.5 Å². The Morgan fingerprint density at radius 3 is 2.66 bits per heavy atom. The number of amides is 2. The van der Waals surface area contributed by atoms with Gasteiger partial charge in [0.15, 0.2) is 0 Å². The number of hydrogen-bond acceptors (Lipinski definition) is 5. The molecule has 146 valence electrons. The van der Waals surface area contributed by atoms with Gasteiger partial charge in [-0.1, -0.05) is 29.7 Å². The van der Waals surface area contributed by atoms with Gasteiger partial charge in [-0.05, 0) is 37.3 Å². The van der Waals surface area contributed by atoms with Crippen molar-refractivity contribution in [2.75, 3.05) is 11.9 Å². The van der Waals surface area contributed by atoms with E-state index in [1.54, 1.807) is 24.3 Å². The number of carbonyl (C=O) groups is 2. The number of terminal acetylenes is 1. The quantitative estimate of drug-likeness (QED) is 0.607. The summed E-state index contributed by atoms with van der Waals surface area (Å²) in [4.78, 5) is 23.9. The van der Waals surface area contributed by atoms with Gasteiger partial charge in [0.2, 0.25) is 23.6 Å². The average Bonchev–Trinajstić information content (AvgIpc) is 3.20. The molecule has 29 heavy (non-hydrogen) atoms. The second kappa shape index (κ2) is 9.33. The molecule has 0 spiro atoms. The maximum Gasteiger partial charge on any atom is 0.247 e. The van der Waals surface area contributed by atoms with E-state index in [9.17, 15) is 9.59 Å². The zero-order valence-electron chi connectivity index (χ0n) is 15.9. The maximum absolute atomic E-state index is 12.0. The molecule has 7 heteroatoms. The number of aryl methyl sites for hydroxylation is 2. The molecule has 0 radical (unpaired) electrons. The van der Waals surface area contributed by atoms with Crippen LogP contribution in [0.2, 0.25) is 0 Å². The molecular formula is C22H20N4O3. The molecule has 0 fully saturated rings. The van der Waals surface area contributed by atoms with Gasteiger partial charge in [0, 0.05) is 29.7 Å². The standard InChI is InChI=1S/C22H20N4O3/c1-3-16-5-4-6-18(13-16)24-20(28)14-23-19(27)11-12-21-25-26-22(29-21)17-9-7-15(2)8-10-17/h1,4-10,13H,11-12,14H2,2H3,(H,23,27)(H,24,28). The minimum atomic E-state index is -0.341. The normalized spacial score (nSPS) is 10.2. The van der Waals surface area contributed by atoms with Crippen LogP contribution in [0.3, 0.4) is 0 Å². The van der Waals surface area contributed by atoms with Crippen LogP contribution in [-0.2, 0) is 16.0 Å². The smallest absolute Gasteiger partial charge is 0.247 e. The average molecular weight is 388 g/mol. The Morgan fingerprint density at radius 1 is 1.10 bits per heavy atom. The molecule has 0 saturated heterocycles. The second-order valence-corrected chi connectivity index (χ2v) is 6.42. The molecule has 2 aromatic carbocycles. The molecule has 3 rings (SSSR count). The summed E-state index contributed by atoms with van der Waals surface area (Å²) in [6.07, 6.45) is 5.76. The predicted molar refractivity (Wildman–Crippen MR) is 109 cm³/mol. The van der Waals surface area contributed by atoms with Crippen molar-refractivity contribution in [3.8, 4) is 23.8 Å². The minimum absolute atomic E-state index is 0.134. The molecule has 2 amide bonds.